The molecule has 0 amide bonds. The van der Waals surface area contributed by atoms with Crippen molar-refractivity contribution in [3.05, 3.63) is 0 Å². The van der Waals surface area contributed by atoms with Crippen LogP contribution in [0.25, 0.3) is 0 Å². The number of nitrogens with one attached hydrogen (secondary N) is 1. The highest BCUT2D eigenvalue weighted by Crippen LogP contribution is 1.67. The molecular weight excluding hydrogens is 144 g/mol. The van der Waals surface area contributed by atoms with Crippen molar-refractivity contribution in [3.63, 3.8) is 0 Å². The van der Waals surface area contributed by atoms with Crippen molar-refractivity contribution in [2.45, 2.75) is 6.92 Å². The number of nitrogens with two attached hydrogens (primary N) is 1. The van der Waals surface area contributed by atoms with Crippen LogP contribution >= 0.6 is 0 Å². The summed E-state index contributed by atoms with van der Waals surface area (Å²) in [6, 6.07) is 0. The molecule has 0 bridgehead atoms. The molecule has 0 saturated heterocycles. The molecule has 0 atom stereocenters. The largest absolute Gasteiger partial charge is 0.299 e. The van der Waals surface area contributed by atoms with Gasteiger partial charge in [0, 0.05) is 0 Å². The molecule has 0 aliphatic heterocycles. The Morgan fingerprint density at radius 2 is 2.11 bits per heavy atom. The molecule has 0 fully saturated rings. The van der Waals surface area contributed by atoms with E-state index in [0.29, 0.717) is 0 Å². The van der Waals surface area contributed by atoms with Crippen molar-refractivity contribution in [1.29, 1.82) is 0 Å². The molecule has 0 aliphatic carbocycles. The maximum atomic E-state index is 10.1. The fourth-order valence-corrected chi connectivity index (χ4v) is 0.607. The molecule has 0 rings (SSSR count). The predicted octanol–water partition coefficient (Wildman–Crippen LogP) is -1.63. The third kappa shape index (κ3) is 7.54. The number of carbonyl (C=O) groups is 1. The second-order valence-electron chi connectivity index (χ2n) is 1.57. The van der Waals surface area contributed by atoms with E-state index in [9.17, 15) is 13.2 Å². The van der Waals surface area contributed by atoms with Crippen LogP contribution in [0.5, 0.6) is 0 Å². The number of hydrogen-bond acceptors (Lipinski definition) is 3. The first-order valence-electron chi connectivity index (χ1n) is 2.18. The Kier molecular flexibility index (Phi) is 2.75. The number of carbonyl (C=O) groups excluding carboxylic acids is 1. The Labute approximate surface area is 53.4 Å². The second-order valence-corrected chi connectivity index (χ2v) is 2.95. The Balaban J connectivity index is 3.67. The Morgan fingerprint density at radius 3 is 2.22 bits per heavy atom. The predicted molar refractivity (Wildman–Crippen MR) is 31.8 cm³/mol. The van der Waals surface area contributed by atoms with Crippen molar-refractivity contribution >= 4 is 16.0 Å². The standard InChI is InChI=1S/C3H8N2O3S/c1-3(6)2-5-9(4,7)8/h5H,2H2,1H3,(H2,4,7,8). The lowest BCUT2D eigenvalue weighted by atomic mass is 10.5. The van der Waals surface area contributed by atoms with Gasteiger partial charge in [0.05, 0.1) is 6.54 Å². The number of Topliss-reactive ketones (excluding diaryl/α,β-unsaturated/α-hetero) is 1. The topological polar surface area (TPSA) is 89.3 Å². The summed E-state index contributed by atoms with van der Waals surface area (Å²) in [6.45, 7) is 1.02. The number of rotatable bonds is 3. The molecule has 0 aromatic rings. The van der Waals surface area contributed by atoms with Crippen molar-refractivity contribution in [2.24, 2.45) is 5.14 Å². The molecule has 3 N–H and O–H groups in total. The van der Waals surface area contributed by atoms with E-state index >= 15 is 0 Å². The molecule has 6 heteroatoms. The van der Waals surface area contributed by atoms with Gasteiger partial charge in [-0.2, -0.15) is 13.1 Å². The summed E-state index contributed by atoms with van der Waals surface area (Å²) in [5.41, 5.74) is 0. The minimum atomic E-state index is -3.69. The van der Waals surface area contributed by atoms with Gasteiger partial charge in [-0.05, 0) is 6.92 Å². The average Bonchev–Trinajstić information content (AvgIpc) is 1.59. The molecule has 0 aromatic carbocycles. The van der Waals surface area contributed by atoms with E-state index in [1.807, 2.05) is 4.72 Å². The normalized spacial score (nSPS) is 11.3. The quantitative estimate of drug-likeness (QED) is 0.508. The fraction of sp³-hybridized carbons (Fsp3) is 0.667. The molecule has 0 heterocycles. The Morgan fingerprint density at radius 1 is 1.67 bits per heavy atom. The van der Waals surface area contributed by atoms with E-state index in [4.69, 9.17) is 0 Å². The van der Waals surface area contributed by atoms with Crippen LogP contribution in [0.1, 0.15) is 6.92 Å². The van der Waals surface area contributed by atoms with Crippen LogP contribution < -0.4 is 9.86 Å². The molecular formula is C3H8N2O3S. The molecule has 54 valence electrons. The van der Waals surface area contributed by atoms with Crippen molar-refractivity contribution in [3.8, 4) is 0 Å². The van der Waals surface area contributed by atoms with Gasteiger partial charge in [-0.25, -0.2) is 5.14 Å². The first-order valence-corrected chi connectivity index (χ1v) is 3.73. The van der Waals surface area contributed by atoms with Gasteiger partial charge in [0.1, 0.15) is 5.78 Å². The van der Waals surface area contributed by atoms with Crippen LogP contribution in [0, 0.1) is 0 Å². The lowest BCUT2D eigenvalue weighted by Gasteiger charge is -1.94. The van der Waals surface area contributed by atoms with Crippen LogP contribution in [-0.4, -0.2) is 20.7 Å². The van der Waals surface area contributed by atoms with Crippen LogP contribution in [0.2, 0.25) is 0 Å². The van der Waals surface area contributed by atoms with Gasteiger partial charge in [0.2, 0.25) is 0 Å². The van der Waals surface area contributed by atoms with Gasteiger partial charge in [-0.1, -0.05) is 0 Å². The van der Waals surface area contributed by atoms with Crippen LogP contribution in [0.4, 0.5) is 0 Å². The van der Waals surface area contributed by atoms with Crippen molar-refractivity contribution in [1.82, 2.24) is 4.72 Å². The summed E-state index contributed by atoms with van der Waals surface area (Å²) < 4.78 is 21.9. The van der Waals surface area contributed by atoms with Gasteiger partial charge in [-0.3, -0.25) is 4.79 Å². The molecule has 0 aliphatic rings. The van der Waals surface area contributed by atoms with E-state index in [-0.39, 0.29) is 12.3 Å². The third-order valence-corrected chi connectivity index (χ3v) is 1.07. The minimum absolute atomic E-state index is 0.237. The van der Waals surface area contributed by atoms with E-state index in [0.717, 1.165) is 0 Å². The summed E-state index contributed by atoms with van der Waals surface area (Å²) in [5.74, 6) is -0.274. The monoisotopic (exact) mass is 152 g/mol. The summed E-state index contributed by atoms with van der Waals surface area (Å²) in [6.07, 6.45) is 0. The van der Waals surface area contributed by atoms with Gasteiger partial charge < -0.3 is 0 Å². The lowest BCUT2D eigenvalue weighted by molar-refractivity contribution is -0.115. The fourth-order valence-electron chi connectivity index (χ4n) is 0.202. The lowest BCUT2D eigenvalue weighted by Crippen LogP contribution is -2.34. The maximum Gasteiger partial charge on any atom is 0.274 e. The zero-order valence-corrected chi connectivity index (χ0v) is 5.73. The molecule has 0 aromatic heterocycles. The molecule has 5 nitrogen and oxygen atoms in total. The summed E-state index contributed by atoms with van der Waals surface area (Å²) in [4.78, 5) is 10.1. The summed E-state index contributed by atoms with van der Waals surface area (Å²) in [7, 11) is -3.69. The molecule has 0 radical (unpaired) electrons. The molecule has 0 spiro atoms. The molecule has 0 unspecified atom stereocenters. The second kappa shape index (κ2) is 2.90. The SMILES string of the molecule is CC(=O)CNS(N)(=O)=O. The summed E-state index contributed by atoms with van der Waals surface area (Å²) >= 11 is 0. The highest BCUT2D eigenvalue weighted by Gasteiger charge is 2.00. The maximum absolute atomic E-state index is 10.1. The van der Waals surface area contributed by atoms with Crippen molar-refractivity contribution < 1.29 is 13.2 Å². The average molecular weight is 152 g/mol. The van der Waals surface area contributed by atoms with Crippen LogP contribution in [0.15, 0.2) is 0 Å². The van der Waals surface area contributed by atoms with E-state index in [1.165, 1.54) is 6.92 Å². The highest BCUT2D eigenvalue weighted by atomic mass is 32.2. The Hall–Kier alpha value is -0.460. The molecule has 0 saturated carbocycles. The first-order chi connectivity index (χ1) is 3.92. The molecule has 9 heavy (non-hydrogen) atoms. The van der Waals surface area contributed by atoms with E-state index in [1.54, 1.807) is 0 Å². The summed E-state index contributed by atoms with van der Waals surface area (Å²) in [5, 5.41) is 4.49. The third-order valence-electron chi connectivity index (χ3n) is 0.522. The van der Waals surface area contributed by atoms with E-state index in [2.05, 4.69) is 5.14 Å². The zero-order valence-electron chi connectivity index (χ0n) is 4.92. The Bertz CT molecular complexity index is 195. The number of hydrogen-bond donors (Lipinski definition) is 2. The van der Waals surface area contributed by atoms with Crippen LogP contribution in [0.3, 0.4) is 0 Å². The minimum Gasteiger partial charge on any atom is -0.299 e. The van der Waals surface area contributed by atoms with E-state index < -0.39 is 10.2 Å². The zero-order chi connectivity index (χ0) is 7.49. The smallest absolute Gasteiger partial charge is 0.274 e. The number of ketones is 1. The van der Waals surface area contributed by atoms with Gasteiger partial charge >= 0.3 is 0 Å². The van der Waals surface area contributed by atoms with Crippen molar-refractivity contribution in [2.75, 3.05) is 6.54 Å². The van der Waals surface area contributed by atoms with Gasteiger partial charge in [0.15, 0.2) is 0 Å². The first kappa shape index (κ1) is 8.54. The van der Waals surface area contributed by atoms with Crippen LogP contribution in [-0.2, 0) is 15.0 Å². The van der Waals surface area contributed by atoms with Gasteiger partial charge in [0.25, 0.3) is 10.2 Å². The highest BCUT2D eigenvalue weighted by molar-refractivity contribution is 7.87. The van der Waals surface area contributed by atoms with Gasteiger partial charge in [-0.15, -0.1) is 0 Å².